The van der Waals surface area contributed by atoms with Crippen LogP contribution in [0.4, 0.5) is 5.69 Å². The Morgan fingerprint density at radius 3 is 2.26 bits per heavy atom. The summed E-state index contributed by atoms with van der Waals surface area (Å²) in [5.74, 6) is 6.13. The van der Waals surface area contributed by atoms with Crippen LogP contribution in [0.3, 0.4) is 0 Å². The summed E-state index contributed by atoms with van der Waals surface area (Å²) in [4.78, 5) is 2.38. The molecule has 1 aliphatic rings. The van der Waals surface area contributed by atoms with E-state index in [1.165, 1.54) is 5.56 Å². The summed E-state index contributed by atoms with van der Waals surface area (Å²) in [5.41, 5.74) is 12.7. The quantitative estimate of drug-likeness (QED) is 0.661. The maximum Gasteiger partial charge on any atom is 0.0826 e. The molecule has 0 radical (unpaired) electrons. The lowest BCUT2D eigenvalue weighted by Crippen LogP contribution is -2.34. The Labute approximate surface area is 138 Å². The summed E-state index contributed by atoms with van der Waals surface area (Å²) < 4.78 is 0. The molecule has 23 heavy (non-hydrogen) atoms. The Morgan fingerprint density at radius 2 is 1.61 bits per heavy atom. The van der Waals surface area contributed by atoms with Gasteiger partial charge in [-0.25, -0.2) is 5.84 Å². The first-order valence-corrected chi connectivity index (χ1v) is 7.93. The predicted molar refractivity (Wildman–Crippen MR) is 97.2 cm³/mol. The number of fused-ring (bicyclic) bond motifs is 2. The zero-order valence-electron chi connectivity index (χ0n) is 14.0. The second kappa shape index (κ2) is 5.97. The van der Waals surface area contributed by atoms with Crippen LogP contribution >= 0.6 is 0 Å². The highest BCUT2D eigenvalue weighted by Crippen LogP contribution is 2.36. The van der Waals surface area contributed by atoms with Gasteiger partial charge in [-0.3, -0.25) is 0 Å². The van der Waals surface area contributed by atoms with Gasteiger partial charge in [0.25, 0.3) is 0 Å². The Bertz CT molecular complexity index is 747. The molecule has 4 N–H and O–H groups in total. The fourth-order valence-corrected chi connectivity index (χ4v) is 3.22. The molecular formula is C19H24N4. The lowest BCUT2D eigenvalue weighted by atomic mass is 9.95. The minimum Gasteiger partial charge on any atom is -0.396 e. The Morgan fingerprint density at radius 1 is 1.00 bits per heavy atom. The van der Waals surface area contributed by atoms with Crippen molar-refractivity contribution in [3.8, 4) is 0 Å². The average Bonchev–Trinajstić information content (AvgIpc) is 2.52. The van der Waals surface area contributed by atoms with Crippen molar-refractivity contribution in [3.63, 3.8) is 0 Å². The number of nitrogens with two attached hydrogens (primary N) is 2. The van der Waals surface area contributed by atoms with Crippen molar-refractivity contribution in [1.82, 2.24) is 5.01 Å². The number of hydrazine groups is 1. The molecule has 0 amide bonds. The van der Waals surface area contributed by atoms with E-state index >= 15 is 0 Å². The predicted octanol–water partition coefficient (Wildman–Crippen LogP) is 3.01. The molecule has 0 aromatic heterocycles. The number of benzene rings is 2. The lowest BCUT2D eigenvalue weighted by Gasteiger charge is -2.35. The summed E-state index contributed by atoms with van der Waals surface area (Å²) in [5, 5.41) is 1.62. The number of para-hydroxylation sites is 1. The summed E-state index contributed by atoms with van der Waals surface area (Å²) in [7, 11) is 1.84. The largest absolute Gasteiger partial charge is 0.396 e. The van der Waals surface area contributed by atoms with Crippen molar-refractivity contribution < 1.29 is 0 Å². The first kappa shape index (κ1) is 15.4. The van der Waals surface area contributed by atoms with Gasteiger partial charge in [0, 0.05) is 36.4 Å². The number of rotatable bonds is 2. The van der Waals surface area contributed by atoms with Gasteiger partial charge in [-0.1, -0.05) is 42.5 Å². The molecule has 2 aromatic rings. The fourth-order valence-electron chi connectivity index (χ4n) is 3.22. The Hall–Kier alpha value is -2.46. The van der Waals surface area contributed by atoms with Crippen LogP contribution in [0, 0.1) is 0 Å². The van der Waals surface area contributed by atoms with E-state index in [1.807, 2.05) is 19.2 Å². The third kappa shape index (κ3) is 2.66. The molecule has 1 aliphatic heterocycles. The minimum atomic E-state index is 0.370. The van der Waals surface area contributed by atoms with Crippen LogP contribution in [-0.4, -0.2) is 18.1 Å². The van der Waals surface area contributed by atoms with Crippen molar-refractivity contribution in [1.29, 1.82) is 0 Å². The van der Waals surface area contributed by atoms with Crippen LogP contribution < -0.4 is 16.5 Å². The molecule has 1 heterocycles. The highest BCUT2D eigenvalue weighted by Gasteiger charge is 2.24. The summed E-state index contributed by atoms with van der Waals surface area (Å²) in [6, 6.07) is 17.0. The zero-order valence-corrected chi connectivity index (χ0v) is 14.0. The van der Waals surface area contributed by atoms with Gasteiger partial charge in [0.1, 0.15) is 0 Å². The topological polar surface area (TPSA) is 58.5 Å². The van der Waals surface area contributed by atoms with Crippen LogP contribution in [0.2, 0.25) is 0 Å². The molecule has 3 rings (SSSR count). The van der Waals surface area contributed by atoms with Gasteiger partial charge in [-0.05, 0) is 25.5 Å². The van der Waals surface area contributed by atoms with Gasteiger partial charge in [0.2, 0.25) is 0 Å². The molecule has 2 aromatic carbocycles. The smallest absolute Gasteiger partial charge is 0.0826 e. The van der Waals surface area contributed by atoms with Gasteiger partial charge in [-0.15, -0.1) is 0 Å². The third-order valence-electron chi connectivity index (χ3n) is 4.35. The van der Waals surface area contributed by atoms with Crippen molar-refractivity contribution in [2.75, 3.05) is 11.9 Å². The number of nitrogens with zero attached hydrogens (tertiary/aromatic N) is 2. The molecule has 120 valence electrons. The van der Waals surface area contributed by atoms with Crippen LogP contribution in [0.25, 0.3) is 11.4 Å². The van der Waals surface area contributed by atoms with Gasteiger partial charge < -0.3 is 15.6 Å². The molecular weight excluding hydrogens is 284 g/mol. The normalized spacial score (nSPS) is 17.3. The standard InChI is InChI=1S/C19H24N4/c1-13(2)23-12-14-8-4-5-9-15(14)19(22(3)21)18(20)16-10-6-7-11-17(16)23/h4-11,13H,12,20-21H2,1-3H3/b19-18-. The van der Waals surface area contributed by atoms with E-state index in [2.05, 4.69) is 55.1 Å². The van der Waals surface area contributed by atoms with E-state index in [0.717, 1.165) is 29.1 Å². The summed E-state index contributed by atoms with van der Waals surface area (Å²) in [6.45, 7) is 5.24. The van der Waals surface area contributed by atoms with Crippen molar-refractivity contribution in [3.05, 3.63) is 65.2 Å². The maximum atomic E-state index is 6.57. The molecule has 0 saturated carbocycles. The molecule has 0 unspecified atom stereocenters. The Balaban J connectivity index is 2.35. The molecule has 0 saturated heterocycles. The van der Waals surface area contributed by atoms with E-state index < -0.39 is 0 Å². The van der Waals surface area contributed by atoms with Gasteiger partial charge in [0.15, 0.2) is 0 Å². The Kier molecular flexibility index (Phi) is 4.01. The molecule has 0 atom stereocenters. The van der Waals surface area contributed by atoms with E-state index in [0.29, 0.717) is 11.7 Å². The molecule has 0 fully saturated rings. The molecule has 0 bridgehead atoms. The van der Waals surface area contributed by atoms with Crippen LogP contribution in [-0.2, 0) is 6.54 Å². The minimum absolute atomic E-state index is 0.370. The van der Waals surface area contributed by atoms with Crippen LogP contribution in [0.15, 0.2) is 48.5 Å². The second-order valence-electron chi connectivity index (χ2n) is 6.27. The monoisotopic (exact) mass is 308 g/mol. The van der Waals surface area contributed by atoms with Crippen molar-refractivity contribution >= 4 is 17.1 Å². The number of hydrogen-bond acceptors (Lipinski definition) is 4. The van der Waals surface area contributed by atoms with E-state index in [4.69, 9.17) is 11.6 Å². The van der Waals surface area contributed by atoms with Crippen LogP contribution in [0.1, 0.15) is 30.5 Å². The first-order chi connectivity index (χ1) is 11.0. The average molecular weight is 308 g/mol. The molecule has 4 heteroatoms. The SMILES string of the molecule is CC(C)N1Cc2ccccc2/C(N(C)N)=C(/N)c2ccccc21. The van der Waals surface area contributed by atoms with Crippen LogP contribution in [0.5, 0.6) is 0 Å². The second-order valence-corrected chi connectivity index (χ2v) is 6.27. The van der Waals surface area contributed by atoms with E-state index in [9.17, 15) is 0 Å². The van der Waals surface area contributed by atoms with Crippen molar-refractivity contribution in [2.45, 2.75) is 26.4 Å². The highest BCUT2D eigenvalue weighted by molar-refractivity contribution is 5.93. The van der Waals surface area contributed by atoms with E-state index in [-0.39, 0.29) is 0 Å². The molecule has 4 nitrogen and oxygen atoms in total. The van der Waals surface area contributed by atoms with Crippen molar-refractivity contribution in [2.24, 2.45) is 11.6 Å². The fraction of sp³-hybridized carbons (Fsp3) is 0.263. The zero-order chi connectivity index (χ0) is 16.6. The molecule has 0 spiro atoms. The maximum absolute atomic E-state index is 6.57. The molecule has 0 aliphatic carbocycles. The number of hydrogen-bond donors (Lipinski definition) is 2. The number of anilines is 1. The van der Waals surface area contributed by atoms with Gasteiger partial charge in [-0.2, -0.15) is 0 Å². The highest BCUT2D eigenvalue weighted by atomic mass is 15.4. The van der Waals surface area contributed by atoms with Gasteiger partial charge in [0.05, 0.1) is 11.4 Å². The third-order valence-corrected chi connectivity index (χ3v) is 4.35. The first-order valence-electron chi connectivity index (χ1n) is 7.93. The summed E-state index contributed by atoms with van der Waals surface area (Å²) >= 11 is 0. The summed E-state index contributed by atoms with van der Waals surface area (Å²) in [6.07, 6.45) is 0. The lowest BCUT2D eigenvalue weighted by molar-refractivity contribution is 0.510. The van der Waals surface area contributed by atoms with Gasteiger partial charge >= 0.3 is 0 Å². The van der Waals surface area contributed by atoms with E-state index in [1.54, 1.807) is 5.01 Å².